The largest absolute Gasteiger partial charge is 0.257 e. The zero-order chi connectivity index (χ0) is 15.6. The van der Waals surface area contributed by atoms with Gasteiger partial charge in [0.2, 0.25) is 0 Å². The van der Waals surface area contributed by atoms with Gasteiger partial charge in [-0.3, -0.25) is 4.98 Å². The molecule has 1 aromatic heterocycles. The van der Waals surface area contributed by atoms with Crippen LogP contribution in [0.2, 0.25) is 0 Å². The Hall–Kier alpha value is -0.500. The van der Waals surface area contributed by atoms with Gasteiger partial charge in [-0.15, -0.1) is 11.8 Å². The standard InChI is InChI=1S/C18H31NS/c1-9-13(2)12-20-14-10-15(17(3,4)5)19-16(11-14)18(6,7)8/h10-11,13H,9,12H2,1-8H3. The number of nitrogens with zero attached hydrogens (tertiary/aromatic N) is 1. The van der Waals surface area contributed by atoms with E-state index in [9.17, 15) is 0 Å². The van der Waals surface area contributed by atoms with Gasteiger partial charge in [-0.1, -0.05) is 61.8 Å². The summed E-state index contributed by atoms with van der Waals surface area (Å²) in [4.78, 5) is 6.28. The minimum absolute atomic E-state index is 0.104. The third-order valence-corrected chi connectivity index (χ3v) is 4.87. The van der Waals surface area contributed by atoms with Gasteiger partial charge in [0, 0.05) is 32.9 Å². The van der Waals surface area contributed by atoms with Crippen molar-refractivity contribution < 1.29 is 0 Å². The molecule has 0 aromatic carbocycles. The van der Waals surface area contributed by atoms with Gasteiger partial charge in [0.25, 0.3) is 0 Å². The van der Waals surface area contributed by atoms with Crippen molar-refractivity contribution in [2.24, 2.45) is 5.92 Å². The molecular formula is C18H31NS. The van der Waals surface area contributed by atoms with E-state index in [4.69, 9.17) is 4.98 Å². The number of pyridine rings is 1. The molecular weight excluding hydrogens is 262 g/mol. The second kappa shape index (κ2) is 6.51. The summed E-state index contributed by atoms with van der Waals surface area (Å²) in [5.41, 5.74) is 2.62. The van der Waals surface area contributed by atoms with Crippen LogP contribution in [0, 0.1) is 5.92 Å². The Balaban J connectivity index is 3.11. The van der Waals surface area contributed by atoms with E-state index in [1.165, 1.54) is 28.5 Å². The lowest BCUT2D eigenvalue weighted by molar-refractivity contribution is 0.528. The summed E-state index contributed by atoms with van der Waals surface area (Å²) >= 11 is 1.97. The monoisotopic (exact) mass is 293 g/mol. The van der Waals surface area contributed by atoms with Crippen molar-refractivity contribution in [1.29, 1.82) is 0 Å². The van der Waals surface area contributed by atoms with Crippen LogP contribution in [0.5, 0.6) is 0 Å². The number of thioether (sulfide) groups is 1. The molecule has 1 aromatic rings. The zero-order valence-corrected chi connectivity index (χ0v) is 15.3. The maximum Gasteiger partial charge on any atom is 0.0471 e. The van der Waals surface area contributed by atoms with Gasteiger partial charge in [0.05, 0.1) is 0 Å². The van der Waals surface area contributed by atoms with Crippen LogP contribution in [-0.4, -0.2) is 10.7 Å². The average molecular weight is 294 g/mol. The van der Waals surface area contributed by atoms with Gasteiger partial charge in [0.15, 0.2) is 0 Å². The molecule has 1 heterocycles. The summed E-state index contributed by atoms with van der Waals surface area (Å²) < 4.78 is 0. The maximum absolute atomic E-state index is 4.91. The van der Waals surface area contributed by atoms with Crippen LogP contribution in [-0.2, 0) is 10.8 Å². The molecule has 0 aliphatic rings. The Morgan fingerprint density at radius 1 is 1.00 bits per heavy atom. The highest BCUT2D eigenvalue weighted by Gasteiger charge is 2.22. The van der Waals surface area contributed by atoms with E-state index in [2.05, 4.69) is 67.5 Å². The van der Waals surface area contributed by atoms with Crippen LogP contribution >= 0.6 is 11.8 Å². The van der Waals surface area contributed by atoms with E-state index >= 15 is 0 Å². The smallest absolute Gasteiger partial charge is 0.0471 e. The predicted octanol–water partition coefficient (Wildman–Crippen LogP) is 5.81. The normalized spacial score (nSPS) is 14.4. The molecule has 0 radical (unpaired) electrons. The molecule has 1 atom stereocenters. The van der Waals surface area contributed by atoms with Crippen LogP contribution in [0.4, 0.5) is 0 Å². The van der Waals surface area contributed by atoms with Crippen LogP contribution in [0.1, 0.15) is 73.2 Å². The molecule has 0 aliphatic heterocycles. The topological polar surface area (TPSA) is 12.9 Å². The molecule has 0 aliphatic carbocycles. The summed E-state index contributed by atoms with van der Waals surface area (Å²) in [7, 11) is 0. The van der Waals surface area contributed by atoms with Crippen molar-refractivity contribution in [3.05, 3.63) is 23.5 Å². The number of hydrogen-bond donors (Lipinski definition) is 0. The van der Waals surface area contributed by atoms with Crippen molar-refractivity contribution in [3.8, 4) is 0 Å². The third-order valence-electron chi connectivity index (χ3n) is 3.57. The summed E-state index contributed by atoms with van der Waals surface area (Å²) in [5, 5.41) is 0. The fourth-order valence-corrected chi connectivity index (χ4v) is 2.82. The van der Waals surface area contributed by atoms with Crippen LogP contribution in [0.3, 0.4) is 0 Å². The molecule has 0 saturated carbocycles. The van der Waals surface area contributed by atoms with Gasteiger partial charge in [-0.2, -0.15) is 0 Å². The molecule has 0 N–H and O–H groups in total. The number of rotatable bonds is 4. The molecule has 0 spiro atoms. The molecule has 1 nitrogen and oxygen atoms in total. The first kappa shape index (κ1) is 17.6. The van der Waals surface area contributed by atoms with Crippen molar-refractivity contribution in [1.82, 2.24) is 4.98 Å². The van der Waals surface area contributed by atoms with E-state index in [0.29, 0.717) is 0 Å². The van der Waals surface area contributed by atoms with Crippen molar-refractivity contribution in [2.75, 3.05) is 5.75 Å². The Morgan fingerprint density at radius 2 is 1.45 bits per heavy atom. The molecule has 114 valence electrons. The van der Waals surface area contributed by atoms with Crippen molar-refractivity contribution in [2.45, 2.75) is 77.5 Å². The lowest BCUT2D eigenvalue weighted by Gasteiger charge is -2.25. The molecule has 0 fully saturated rings. The number of hydrogen-bond acceptors (Lipinski definition) is 2. The zero-order valence-electron chi connectivity index (χ0n) is 14.5. The van der Waals surface area contributed by atoms with Crippen LogP contribution in [0.25, 0.3) is 0 Å². The maximum atomic E-state index is 4.91. The Bertz CT molecular complexity index is 405. The first-order chi connectivity index (χ1) is 9.04. The average Bonchev–Trinajstić information content (AvgIpc) is 2.33. The lowest BCUT2D eigenvalue weighted by atomic mass is 9.88. The van der Waals surface area contributed by atoms with Crippen molar-refractivity contribution in [3.63, 3.8) is 0 Å². The van der Waals surface area contributed by atoms with E-state index in [1.807, 2.05) is 11.8 Å². The van der Waals surface area contributed by atoms with E-state index < -0.39 is 0 Å². The fraction of sp³-hybridized carbons (Fsp3) is 0.722. The highest BCUT2D eigenvalue weighted by Crippen LogP contribution is 2.31. The molecule has 0 saturated heterocycles. The van der Waals surface area contributed by atoms with E-state index in [1.54, 1.807) is 0 Å². The summed E-state index contributed by atoms with van der Waals surface area (Å²) in [5.74, 6) is 1.96. The molecule has 1 rings (SSSR count). The number of aromatic nitrogens is 1. The molecule has 1 unspecified atom stereocenters. The predicted molar refractivity (Wildman–Crippen MR) is 91.8 cm³/mol. The minimum Gasteiger partial charge on any atom is -0.257 e. The molecule has 0 bridgehead atoms. The minimum atomic E-state index is 0.104. The van der Waals surface area contributed by atoms with Gasteiger partial charge >= 0.3 is 0 Å². The highest BCUT2D eigenvalue weighted by molar-refractivity contribution is 7.99. The van der Waals surface area contributed by atoms with Gasteiger partial charge in [-0.05, 0) is 18.1 Å². The summed E-state index contributed by atoms with van der Waals surface area (Å²) in [6, 6.07) is 4.56. The van der Waals surface area contributed by atoms with Crippen molar-refractivity contribution >= 4 is 11.8 Å². The fourth-order valence-electron chi connectivity index (χ4n) is 1.71. The second-order valence-corrected chi connectivity index (χ2v) is 8.99. The first-order valence-electron chi connectivity index (χ1n) is 7.70. The van der Waals surface area contributed by atoms with Gasteiger partial charge in [0.1, 0.15) is 0 Å². The highest BCUT2D eigenvalue weighted by atomic mass is 32.2. The molecule has 0 amide bonds. The Morgan fingerprint density at radius 3 is 1.80 bits per heavy atom. The third kappa shape index (κ3) is 5.12. The van der Waals surface area contributed by atoms with Crippen LogP contribution < -0.4 is 0 Å². The molecule has 20 heavy (non-hydrogen) atoms. The Kier molecular flexibility index (Phi) is 5.71. The van der Waals surface area contributed by atoms with Gasteiger partial charge in [-0.25, -0.2) is 0 Å². The Labute approximate surface area is 130 Å². The van der Waals surface area contributed by atoms with E-state index in [-0.39, 0.29) is 10.8 Å². The SMILES string of the molecule is CCC(C)CSc1cc(C(C)(C)C)nc(C(C)(C)C)c1. The quantitative estimate of drug-likeness (QED) is 0.649. The second-order valence-electron chi connectivity index (χ2n) is 7.90. The van der Waals surface area contributed by atoms with Gasteiger partial charge < -0.3 is 0 Å². The molecule has 2 heteroatoms. The van der Waals surface area contributed by atoms with Crippen LogP contribution in [0.15, 0.2) is 17.0 Å². The summed E-state index contributed by atoms with van der Waals surface area (Å²) in [6.45, 7) is 18.0. The first-order valence-corrected chi connectivity index (χ1v) is 8.68. The summed E-state index contributed by atoms with van der Waals surface area (Å²) in [6.07, 6.45) is 1.25. The van der Waals surface area contributed by atoms with E-state index in [0.717, 1.165) is 5.92 Å². The lowest BCUT2D eigenvalue weighted by Crippen LogP contribution is -2.20.